The van der Waals surface area contributed by atoms with Crippen molar-refractivity contribution >= 4 is 12.2 Å². The van der Waals surface area contributed by atoms with Gasteiger partial charge in [-0.05, 0) is 17.4 Å². The van der Waals surface area contributed by atoms with E-state index < -0.39 is 0 Å². The van der Waals surface area contributed by atoms with Crippen molar-refractivity contribution in [2.75, 3.05) is 0 Å². The summed E-state index contributed by atoms with van der Waals surface area (Å²) in [5.41, 5.74) is 0. The van der Waals surface area contributed by atoms with Gasteiger partial charge in [-0.3, -0.25) is 0 Å². The fourth-order valence-electron chi connectivity index (χ4n) is 1.05. The number of benzene rings is 1. The highest BCUT2D eigenvalue weighted by atomic mass is 13.8. The predicted molar refractivity (Wildman–Crippen MR) is 50.5 cm³/mol. The van der Waals surface area contributed by atoms with E-state index in [0.717, 1.165) is 0 Å². The van der Waals surface area contributed by atoms with Crippen LogP contribution in [0.2, 0.25) is 0 Å². The molecule has 0 fully saturated rings. The lowest BCUT2D eigenvalue weighted by Crippen LogP contribution is -2.22. The van der Waals surface area contributed by atoms with Crippen LogP contribution in [0.15, 0.2) is 36.9 Å². The van der Waals surface area contributed by atoms with Gasteiger partial charge in [0, 0.05) is 0 Å². The minimum Gasteiger partial charge on any atom is -0.0990 e. The van der Waals surface area contributed by atoms with Gasteiger partial charge in [0.25, 0.3) is 0 Å². The smallest absolute Gasteiger partial charge is 0.0188 e. The molecule has 0 aromatic heterocycles. The Hall–Kier alpha value is -1.30. The van der Waals surface area contributed by atoms with Gasteiger partial charge in [0.2, 0.25) is 0 Å². The molecule has 0 heterocycles. The highest BCUT2D eigenvalue weighted by Gasteiger charge is 1.78. The van der Waals surface area contributed by atoms with Crippen molar-refractivity contribution in [1.29, 1.82) is 0 Å². The van der Waals surface area contributed by atoms with Crippen LogP contribution in [0.4, 0.5) is 0 Å². The Morgan fingerprint density at radius 3 is 2.36 bits per heavy atom. The third-order valence-corrected chi connectivity index (χ3v) is 1.60. The fourth-order valence-corrected chi connectivity index (χ4v) is 1.05. The lowest BCUT2D eigenvalue weighted by molar-refractivity contribution is 1.51. The summed E-state index contributed by atoms with van der Waals surface area (Å²) in [7, 11) is 0. The van der Waals surface area contributed by atoms with E-state index in [1.165, 1.54) is 10.4 Å². The molecule has 1 aromatic rings. The van der Waals surface area contributed by atoms with Gasteiger partial charge in [-0.25, -0.2) is 0 Å². The zero-order valence-electron chi connectivity index (χ0n) is 6.75. The maximum atomic E-state index is 3.66. The third kappa shape index (κ3) is 1.81. The first-order chi connectivity index (χ1) is 5.38. The van der Waals surface area contributed by atoms with Gasteiger partial charge >= 0.3 is 0 Å². The van der Waals surface area contributed by atoms with Crippen LogP contribution in [0.25, 0.3) is 12.2 Å². The van der Waals surface area contributed by atoms with Gasteiger partial charge in [0.05, 0.1) is 0 Å². The van der Waals surface area contributed by atoms with Crippen LogP contribution in [-0.2, 0) is 0 Å². The second-order valence-electron chi connectivity index (χ2n) is 2.32. The molecule has 0 saturated heterocycles. The van der Waals surface area contributed by atoms with Gasteiger partial charge in [0.15, 0.2) is 0 Å². The van der Waals surface area contributed by atoms with E-state index in [9.17, 15) is 0 Å². The molecule has 0 spiro atoms. The molecule has 1 rings (SSSR count). The lowest BCUT2D eigenvalue weighted by atomic mass is 10.2. The molecule has 0 aliphatic heterocycles. The molecule has 0 atom stereocenters. The quantitative estimate of drug-likeness (QED) is 0.559. The van der Waals surface area contributed by atoms with Crippen molar-refractivity contribution in [1.82, 2.24) is 0 Å². The summed E-state index contributed by atoms with van der Waals surface area (Å²) in [5, 5.41) is 2.48. The van der Waals surface area contributed by atoms with Crippen LogP contribution < -0.4 is 10.4 Å². The van der Waals surface area contributed by atoms with E-state index in [-0.39, 0.29) is 0 Å². The van der Waals surface area contributed by atoms with Gasteiger partial charge in [0.1, 0.15) is 0 Å². The maximum Gasteiger partial charge on any atom is -0.0188 e. The Morgan fingerprint density at radius 1 is 1.18 bits per heavy atom. The van der Waals surface area contributed by atoms with E-state index in [1.54, 1.807) is 0 Å². The molecule has 0 aliphatic rings. The minimum atomic E-state index is 1.23. The molecule has 1 aromatic carbocycles. The Labute approximate surface area is 67.2 Å². The Bertz CT molecular complexity index is 345. The third-order valence-electron chi connectivity index (χ3n) is 1.60. The first-order valence-electron chi connectivity index (χ1n) is 3.72. The average Bonchev–Trinajstić information content (AvgIpc) is 2.06. The summed E-state index contributed by atoms with van der Waals surface area (Å²) in [5.74, 6) is 0. The molecule has 11 heavy (non-hydrogen) atoms. The van der Waals surface area contributed by atoms with Gasteiger partial charge in [-0.2, -0.15) is 0 Å². The Balaban J connectivity index is 3.48. The molecule has 0 saturated carbocycles. The molecule has 56 valence electrons. The molecule has 0 bridgehead atoms. The van der Waals surface area contributed by atoms with Crippen LogP contribution in [0, 0.1) is 0 Å². The van der Waals surface area contributed by atoms with Crippen molar-refractivity contribution < 1.29 is 0 Å². The van der Waals surface area contributed by atoms with Crippen molar-refractivity contribution in [2.24, 2.45) is 0 Å². The van der Waals surface area contributed by atoms with Crippen LogP contribution in [-0.4, -0.2) is 0 Å². The zero-order valence-corrected chi connectivity index (χ0v) is 6.75. The molecule has 0 heteroatoms. The van der Waals surface area contributed by atoms with Crippen LogP contribution in [0.5, 0.6) is 0 Å². The summed E-state index contributed by atoms with van der Waals surface area (Å²) in [6, 6.07) is 8.24. The first-order valence-corrected chi connectivity index (χ1v) is 3.72. The average molecular weight is 144 g/mol. The van der Waals surface area contributed by atoms with Crippen molar-refractivity contribution in [3.8, 4) is 0 Å². The number of rotatable bonds is 1. The summed E-state index contributed by atoms with van der Waals surface area (Å²) in [6.07, 6.45) is 5.91. The normalized spacial score (nSPS) is 13.5. The predicted octanol–water partition coefficient (Wildman–Crippen LogP) is 1.45. The second kappa shape index (κ2) is 3.77. The lowest BCUT2D eigenvalue weighted by Gasteiger charge is -1.86. The van der Waals surface area contributed by atoms with E-state index in [1.807, 2.05) is 31.2 Å². The Morgan fingerprint density at radius 2 is 1.82 bits per heavy atom. The number of allylic oxidation sites excluding steroid dienone is 1. The number of hydrogen-bond acceptors (Lipinski definition) is 0. The van der Waals surface area contributed by atoms with Gasteiger partial charge < -0.3 is 0 Å². The summed E-state index contributed by atoms with van der Waals surface area (Å²) in [6.45, 7) is 5.70. The SMILES string of the molecule is C=CC=c1ccccc1=CC. The molecular formula is C11H12. The standard InChI is InChI=1S/C11H12/c1-3-7-11-9-6-5-8-10(11)4-2/h3-9H,1H2,2H3. The van der Waals surface area contributed by atoms with E-state index in [0.29, 0.717) is 0 Å². The van der Waals surface area contributed by atoms with E-state index >= 15 is 0 Å². The molecule has 0 N–H and O–H groups in total. The largest absolute Gasteiger partial charge is 0.0990 e. The molecule has 0 radical (unpaired) electrons. The minimum absolute atomic E-state index is 1.23. The molecular weight excluding hydrogens is 132 g/mol. The molecule has 0 nitrogen and oxygen atoms in total. The van der Waals surface area contributed by atoms with Crippen LogP contribution in [0.1, 0.15) is 6.92 Å². The van der Waals surface area contributed by atoms with E-state index in [4.69, 9.17) is 0 Å². The van der Waals surface area contributed by atoms with E-state index in [2.05, 4.69) is 24.8 Å². The summed E-state index contributed by atoms with van der Waals surface area (Å²) >= 11 is 0. The molecule has 0 amide bonds. The molecule has 0 aliphatic carbocycles. The highest BCUT2D eigenvalue weighted by Crippen LogP contribution is 1.72. The van der Waals surface area contributed by atoms with Crippen molar-refractivity contribution in [3.05, 3.63) is 47.4 Å². The van der Waals surface area contributed by atoms with Crippen LogP contribution in [0.3, 0.4) is 0 Å². The Kier molecular flexibility index (Phi) is 2.67. The molecule has 0 unspecified atom stereocenters. The van der Waals surface area contributed by atoms with Crippen molar-refractivity contribution in [2.45, 2.75) is 6.92 Å². The second-order valence-corrected chi connectivity index (χ2v) is 2.32. The zero-order chi connectivity index (χ0) is 8.10. The topological polar surface area (TPSA) is 0 Å². The summed E-state index contributed by atoms with van der Waals surface area (Å²) < 4.78 is 0. The fraction of sp³-hybridized carbons (Fsp3) is 0.0909. The van der Waals surface area contributed by atoms with Gasteiger partial charge in [-0.1, -0.05) is 49.1 Å². The number of hydrogen-bond donors (Lipinski definition) is 0. The first kappa shape index (κ1) is 7.80. The van der Waals surface area contributed by atoms with Gasteiger partial charge in [-0.15, -0.1) is 0 Å². The van der Waals surface area contributed by atoms with Crippen molar-refractivity contribution in [3.63, 3.8) is 0 Å². The maximum absolute atomic E-state index is 3.66. The summed E-state index contributed by atoms with van der Waals surface area (Å²) in [4.78, 5) is 0. The highest BCUT2D eigenvalue weighted by molar-refractivity contribution is 5.37. The monoisotopic (exact) mass is 144 g/mol. The van der Waals surface area contributed by atoms with Crippen LogP contribution >= 0.6 is 0 Å².